The summed E-state index contributed by atoms with van der Waals surface area (Å²) in [5.74, 6) is 0.397. The van der Waals surface area contributed by atoms with Crippen molar-refractivity contribution in [3.05, 3.63) is 66.4 Å². The highest BCUT2D eigenvalue weighted by molar-refractivity contribution is 7.90. The number of benzene rings is 2. The molecule has 0 spiro atoms. The van der Waals surface area contributed by atoms with E-state index in [-0.39, 0.29) is 0 Å². The molecule has 0 aliphatic carbocycles. The Bertz CT molecular complexity index is 912. The predicted octanol–water partition coefficient (Wildman–Crippen LogP) is 3.42. The van der Waals surface area contributed by atoms with Gasteiger partial charge in [0.2, 0.25) is 0 Å². The zero-order valence-electron chi connectivity index (χ0n) is 11.7. The van der Waals surface area contributed by atoms with Crippen molar-refractivity contribution >= 4 is 33.1 Å². The molecule has 0 aliphatic rings. The first-order valence-corrected chi connectivity index (χ1v) is 8.29. The first kappa shape index (κ1) is 13.3. The molecule has 0 saturated heterocycles. The average molecular weight is 307 g/mol. The Labute approximate surface area is 130 Å². The van der Waals surface area contributed by atoms with E-state index in [4.69, 9.17) is 0 Å². The minimum Gasteiger partial charge on any atom is -0.609 e. The van der Waals surface area contributed by atoms with Crippen LogP contribution < -0.4 is 0 Å². The molecule has 4 nitrogen and oxygen atoms in total. The fraction of sp³-hybridized carbons (Fsp3) is 0.0588. The van der Waals surface area contributed by atoms with Gasteiger partial charge in [-0.15, -0.1) is 0 Å². The first-order valence-electron chi connectivity index (χ1n) is 6.97. The zero-order chi connectivity index (χ0) is 14.9. The van der Waals surface area contributed by atoms with Crippen LogP contribution in [0.2, 0.25) is 0 Å². The van der Waals surface area contributed by atoms with Crippen molar-refractivity contribution < 1.29 is 4.55 Å². The lowest BCUT2D eigenvalue weighted by molar-refractivity contribution is 0.587. The van der Waals surface area contributed by atoms with Gasteiger partial charge in [0, 0.05) is 28.3 Å². The van der Waals surface area contributed by atoms with Gasteiger partial charge in [0.15, 0.2) is 0 Å². The summed E-state index contributed by atoms with van der Waals surface area (Å²) in [6.45, 7) is 0. The number of pyridine rings is 1. The van der Waals surface area contributed by atoms with E-state index in [1.807, 2.05) is 54.6 Å². The van der Waals surface area contributed by atoms with Crippen LogP contribution in [0, 0.1) is 0 Å². The number of aromatic nitrogens is 3. The van der Waals surface area contributed by atoms with E-state index in [1.165, 1.54) is 0 Å². The maximum Gasteiger partial charge on any atom is 0.321 e. The number of imidazole rings is 1. The van der Waals surface area contributed by atoms with Gasteiger partial charge in [-0.1, -0.05) is 36.4 Å². The van der Waals surface area contributed by atoms with Gasteiger partial charge in [-0.05, 0) is 18.2 Å². The molecule has 5 heteroatoms. The van der Waals surface area contributed by atoms with Crippen molar-refractivity contribution in [2.75, 3.05) is 0 Å². The predicted molar refractivity (Wildman–Crippen MR) is 87.9 cm³/mol. The molecule has 22 heavy (non-hydrogen) atoms. The van der Waals surface area contributed by atoms with Gasteiger partial charge in [0.05, 0.1) is 16.6 Å². The van der Waals surface area contributed by atoms with E-state index in [1.54, 1.807) is 6.20 Å². The molecular formula is C17H13N3OS. The summed E-state index contributed by atoms with van der Waals surface area (Å²) in [5, 5.41) is 1.57. The third kappa shape index (κ3) is 2.34. The van der Waals surface area contributed by atoms with Crippen LogP contribution in [0.15, 0.2) is 66.0 Å². The van der Waals surface area contributed by atoms with E-state index in [2.05, 4.69) is 15.0 Å². The normalized spacial score (nSPS) is 12.8. The Kier molecular flexibility index (Phi) is 3.29. The Morgan fingerprint density at radius 1 is 1.00 bits per heavy atom. The molecule has 0 aliphatic heterocycles. The number of nitrogens with zero attached hydrogens (tertiary/aromatic N) is 2. The maximum absolute atomic E-state index is 12.6. The van der Waals surface area contributed by atoms with Crippen molar-refractivity contribution in [1.29, 1.82) is 0 Å². The minimum atomic E-state index is -1.23. The molecule has 2 aromatic heterocycles. The number of hydrogen-bond donors (Lipinski definition) is 1. The maximum atomic E-state index is 12.6. The Balaban J connectivity index is 1.69. The van der Waals surface area contributed by atoms with Crippen molar-refractivity contribution in [3.8, 4) is 0 Å². The van der Waals surface area contributed by atoms with E-state index >= 15 is 0 Å². The van der Waals surface area contributed by atoms with Crippen molar-refractivity contribution in [2.24, 2.45) is 0 Å². The molecule has 0 radical (unpaired) electrons. The molecular weight excluding hydrogens is 294 g/mol. The topological polar surface area (TPSA) is 64.6 Å². The van der Waals surface area contributed by atoms with Crippen molar-refractivity contribution in [1.82, 2.24) is 15.0 Å². The summed E-state index contributed by atoms with van der Waals surface area (Å²) in [6, 6.07) is 17.6. The molecule has 2 aromatic carbocycles. The van der Waals surface area contributed by atoms with Crippen LogP contribution in [-0.4, -0.2) is 19.5 Å². The summed E-state index contributed by atoms with van der Waals surface area (Å²) in [7, 11) is 0. The fourth-order valence-corrected chi connectivity index (χ4v) is 3.61. The van der Waals surface area contributed by atoms with Crippen molar-refractivity contribution in [2.45, 2.75) is 10.9 Å². The van der Waals surface area contributed by atoms with Gasteiger partial charge < -0.3 is 4.55 Å². The van der Waals surface area contributed by atoms with E-state index in [0.29, 0.717) is 10.9 Å². The monoisotopic (exact) mass is 307 g/mol. The molecule has 0 bridgehead atoms. The van der Waals surface area contributed by atoms with Crippen LogP contribution in [0.25, 0.3) is 21.9 Å². The summed E-state index contributed by atoms with van der Waals surface area (Å²) < 4.78 is 12.6. The second kappa shape index (κ2) is 5.44. The SMILES string of the molecule is [O-][S+](Cc1cccc2cccnc12)c1nc2ccccc2[nH]1. The van der Waals surface area contributed by atoms with Gasteiger partial charge in [0.25, 0.3) is 0 Å². The molecule has 1 unspecified atom stereocenters. The third-order valence-corrected chi connectivity index (χ3v) is 4.78. The number of aromatic amines is 1. The molecule has 108 valence electrons. The standard InChI is InChI=1S/C17H13N3OS/c21-22(17-19-14-8-1-2-9-15(14)20-17)11-13-6-3-5-12-7-4-10-18-16(12)13/h1-10H,11H2,(H,19,20). The van der Waals surface area contributed by atoms with E-state index < -0.39 is 11.2 Å². The molecule has 0 fully saturated rings. The fourth-order valence-electron chi connectivity index (χ4n) is 2.53. The lowest BCUT2D eigenvalue weighted by Gasteiger charge is -2.08. The van der Waals surface area contributed by atoms with Gasteiger partial charge in [-0.25, -0.2) is 0 Å². The molecule has 2 heterocycles. The van der Waals surface area contributed by atoms with Gasteiger partial charge in [0.1, 0.15) is 5.75 Å². The van der Waals surface area contributed by atoms with Gasteiger partial charge in [-0.2, -0.15) is 4.98 Å². The van der Waals surface area contributed by atoms with E-state index in [9.17, 15) is 4.55 Å². The van der Waals surface area contributed by atoms with E-state index in [0.717, 1.165) is 27.5 Å². The van der Waals surface area contributed by atoms with Gasteiger partial charge >= 0.3 is 5.16 Å². The number of fused-ring (bicyclic) bond motifs is 2. The van der Waals surface area contributed by atoms with Crippen LogP contribution in [-0.2, 0) is 16.9 Å². The summed E-state index contributed by atoms with van der Waals surface area (Å²) in [4.78, 5) is 12.0. The molecule has 4 rings (SSSR count). The summed E-state index contributed by atoms with van der Waals surface area (Å²) in [6.07, 6.45) is 1.76. The molecule has 1 N–H and O–H groups in total. The lowest BCUT2D eigenvalue weighted by atomic mass is 10.1. The highest BCUT2D eigenvalue weighted by Crippen LogP contribution is 2.22. The molecule has 4 aromatic rings. The second-order valence-corrected chi connectivity index (χ2v) is 6.41. The van der Waals surface area contributed by atoms with Crippen LogP contribution in [0.4, 0.5) is 0 Å². The summed E-state index contributed by atoms with van der Waals surface area (Å²) in [5.41, 5.74) is 3.61. The van der Waals surface area contributed by atoms with Crippen molar-refractivity contribution in [3.63, 3.8) is 0 Å². The molecule has 0 saturated carbocycles. The Morgan fingerprint density at radius 2 is 1.86 bits per heavy atom. The quantitative estimate of drug-likeness (QED) is 0.590. The Hall–Kier alpha value is -2.37. The molecule has 1 atom stereocenters. The third-order valence-electron chi connectivity index (χ3n) is 3.59. The lowest BCUT2D eigenvalue weighted by Crippen LogP contribution is -2.07. The number of H-pyrrole nitrogens is 1. The minimum absolute atomic E-state index is 0.397. The number of rotatable bonds is 3. The number of nitrogens with one attached hydrogen (secondary N) is 1. The second-order valence-electron chi connectivity index (χ2n) is 5.04. The largest absolute Gasteiger partial charge is 0.609 e. The highest BCUT2D eigenvalue weighted by Gasteiger charge is 2.18. The number of hydrogen-bond acceptors (Lipinski definition) is 3. The first-order chi connectivity index (χ1) is 10.8. The molecule has 0 amide bonds. The van der Waals surface area contributed by atoms with Crippen LogP contribution >= 0.6 is 0 Å². The van der Waals surface area contributed by atoms with Crippen LogP contribution in [0.1, 0.15) is 5.56 Å². The Morgan fingerprint density at radius 3 is 2.77 bits per heavy atom. The number of para-hydroxylation sites is 3. The van der Waals surface area contributed by atoms with Crippen LogP contribution in [0.5, 0.6) is 0 Å². The van der Waals surface area contributed by atoms with Gasteiger partial charge in [-0.3, -0.25) is 9.97 Å². The smallest absolute Gasteiger partial charge is 0.321 e. The average Bonchev–Trinajstić information content (AvgIpc) is 2.99. The zero-order valence-corrected chi connectivity index (χ0v) is 12.5. The summed E-state index contributed by atoms with van der Waals surface area (Å²) >= 11 is -1.23. The highest BCUT2D eigenvalue weighted by atomic mass is 32.2. The van der Waals surface area contributed by atoms with Crippen LogP contribution in [0.3, 0.4) is 0 Å².